The fourth-order valence-corrected chi connectivity index (χ4v) is 4.30. The van der Waals surface area contributed by atoms with E-state index in [1.54, 1.807) is 7.11 Å². The lowest BCUT2D eigenvalue weighted by Gasteiger charge is -2.43. The van der Waals surface area contributed by atoms with Crippen molar-refractivity contribution in [2.24, 2.45) is 5.41 Å². The highest BCUT2D eigenvalue weighted by molar-refractivity contribution is 5.30. The van der Waals surface area contributed by atoms with Crippen LogP contribution >= 0.6 is 0 Å². The van der Waals surface area contributed by atoms with Gasteiger partial charge in [-0.05, 0) is 43.1 Å². The molecule has 1 atom stereocenters. The van der Waals surface area contributed by atoms with E-state index in [0.717, 1.165) is 57.6 Å². The molecule has 1 aromatic carbocycles. The summed E-state index contributed by atoms with van der Waals surface area (Å²) in [4.78, 5) is 13.8. The molecule has 0 saturated carbocycles. The number of benzene rings is 1. The van der Waals surface area contributed by atoms with Crippen molar-refractivity contribution >= 4 is 5.95 Å². The number of nitrogens with zero attached hydrogens (tertiary/aromatic N) is 4. The average Bonchev–Trinajstić information content (AvgIpc) is 2.92. The standard InChI is InChI=1S/C21H28N4O2/c1-26-19-6-4-18(5-7-19)14-24-11-2-8-21(15-24)16-25(12-13-27-17-21)20-22-9-3-10-23-20/h3-7,9-10H,2,8,11-17H2,1H3/t21-/m0/s1. The molecule has 0 bridgehead atoms. The molecular formula is C21H28N4O2. The number of hydrogen-bond acceptors (Lipinski definition) is 6. The minimum atomic E-state index is 0.139. The summed E-state index contributed by atoms with van der Waals surface area (Å²) in [6.07, 6.45) is 6.02. The van der Waals surface area contributed by atoms with Crippen molar-refractivity contribution in [2.45, 2.75) is 19.4 Å². The molecule has 27 heavy (non-hydrogen) atoms. The van der Waals surface area contributed by atoms with Gasteiger partial charge in [-0.2, -0.15) is 0 Å². The molecule has 0 unspecified atom stereocenters. The van der Waals surface area contributed by atoms with Gasteiger partial charge in [-0.15, -0.1) is 0 Å². The van der Waals surface area contributed by atoms with Crippen LogP contribution in [0.5, 0.6) is 5.75 Å². The normalized spacial score (nSPS) is 24.0. The van der Waals surface area contributed by atoms with Gasteiger partial charge in [0.1, 0.15) is 5.75 Å². The first kappa shape index (κ1) is 18.2. The minimum absolute atomic E-state index is 0.139. The predicted molar refractivity (Wildman–Crippen MR) is 105 cm³/mol. The Morgan fingerprint density at radius 3 is 2.70 bits per heavy atom. The number of likely N-dealkylation sites (tertiary alicyclic amines) is 1. The Balaban J connectivity index is 1.46. The highest BCUT2D eigenvalue weighted by Crippen LogP contribution is 2.34. The monoisotopic (exact) mass is 368 g/mol. The van der Waals surface area contributed by atoms with Gasteiger partial charge in [0.15, 0.2) is 0 Å². The lowest BCUT2D eigenvalue weighted by atomic mass is 9.80. The van der Waals surface area contributed by atoms with Crippen LogP contribution in [0.2, 0.25) is 0 Å². The van der Waals surface area contributed by atoms with Crippen LogP contribution in [0.4, 0.5) is 5.95 Å². The SMILES string of the molecule is COc1ccc(CN2CCC[C@]3(COCCN(c4ncccn4)C3)C2)cc1. The van der Waals surface area contributed by atoms with Gasteiger partial charge in [0.25, 0.3) is 0 Å². The highest BCUT2D eigenvalue weighted by Gasteiger charge is 2.39. The largest absolute Gasteiger partial charge is 0.497 e. The zero-order valence-electron chi connectivity index (χ0n) is 16.0. The molecule has 0 aliphatic carbocycles. The van der Waals surface area contributed by atoms with E-state index >= 15 is 0 Å². The third-order valence-corrected chi connectivity index (χ3v) is 5.58. The molecule has 0 amide bonds. The predicted octanol–water partition coefficient (Wildman–Crippen LogP) is 2.60. The summed E-state index contributed by atoms with van der Waals surface area (Å²) < 4.78 is 11.3. The maximum absolute atomic E-state index is 6.03. The van der Waals surface area contributed by atoms with E-state index in [1.165, 1.54) is 18.4 Å². The number of anilines is 1. The van der Waals surface area contributed by atoms with Crippen molar-refractivity contribution in [3.63, 3.8) is 0 Å². The summed E-state index contributed by atoms with van der Waals surface area (Å²) in [5.74, 6) is 1.72. The quantitative estimate of drug-likeness (QED) is 0.827. The fraction of sp³-hybridized carbons (Fsp3) is 0.524. The Kier molecular flexibility index (Phi) is 5.55. The highest BCUT2D eigenvalue weighted by atomic mass is 16.5. The molecule has 3 heterocycles. The maximum Gasteiger partial charge on any atom is 0.225 e. The molecule has 1 aromatic heterocycles. The second-order valence-corrected chi connectivity index (χ2v) is 7.69. The number of rotatable bonds is 4. The van der Waals surface area contributed by atoms with Crippen LogP contribution in [0.1, 0.15) is 18.4 Å². The first-order valence-corrected chi connectivity index (χ1v) is 9.71. The Labute approximate surface area is 161 Å². The molecule has 0 N–H and O–H groups in total. The molecule has 2 fully saturated rings. The van der Waals surface area contributed by atoms with Gasteiger partial charge in [-0.1, -0.05) is 12.1 Å². The van der Waals surface area contributed by atoms with Crippen LogP contribution in [0.3, 0.4) is 0 Å². The molecule has 1 spiro atoms. The van der Waals surface area contributed by atoms with Crippen LogP contribution < -0.4 is 9.64 Å². The van der Waals surface area contributed by atoms with E-state index in [1.807, 2.05) is 30.6 Å². The molecule has 2 saturated heterocycles. The van der Waals surface area contributed by atoms with Crippen LogP contribution in [0.15, 0.2) is 42.7 Å². The van der Waals surface area contributed by atoms with Crippen molar-refractivity contribution in [1.82, 2.24) is 14.9 Å². The second-order valence-electron chi connectivity index (χ2n) is 7.69. The van der Waals surface area contributed by atoms with Crippen molar-refractivity contribution in [1.29, 1.82) is 0 Å². The number of ether oxygens (including phenoxy) is 2. The smallest absolute Gasteiger partial charge is 0.225 e. The van der Waals surface area contributed by atoms with Crippen LogP contribution in [-0.4, -0.2) is 61.4 Å². The molecule has 2 aromatic rings. The van der Waals surface area contributed by atoms with Crippen LogP contribution in [0.25, 0.3) is 0 Å². The third kappa shape index (κ3) is 4.39. The minimum Gasteiger partial charge on any atom is -0.497 e. The first-order valence-electron chi connectivity index (χ1n) is 9.71. The number of methoxy groups -OCH3 is 1. The molecule has 4 rings (SSSR count). The number of hydrogen-bond donors (Lipinski definition) is 0. The number of aromatic nitrogens is 2. The first-order chi connectivity index (χ1) is 13.3. The molecule has 144 valence electrons. The lowest BCUT2D eigenvalue weighted by molar-refractivity contribution is 0.0106. The van der Waals surface area contributed by atoms with E-state index < -0.39 is 0 Å². The molecule has 0 radical (unpaired) electrons. The van der Waals surface area contributed by atoms with Gasteiger partial charge in [-0.25, -0.2) is 9.97 Å². The zero-order chi connectivity index (χ0) is 18.5. The van der Waals surface area contributed by atoms with Gasteiger partial charge in [0.2, 0.25) is 5.95 Å². The molecular weight excluding hydrogens is 340 g/mol. The van der Waals surface area contributed by atoms with Crippen molar-refractivity contribution in [3.8, 4) is 5.75 Å². The summed E-state index contributed by atoms with van der Waals surface area (Å²) in [6.45, 7) is 6.50. The summed E-state index contributed by atoms with van der Waals surface area (Å²) in [5.41, 5.74) is 1.46. The third-order valence-electron chi connectivity index (χ3n) is 5.58. The molecule has 6 heteroatoms. The Morgan fingerprint density at radius 1 is 1.11 bits per heavy atom. The van der Waals surface area contributed by atoms with E-state index in [0.29, 0.717) is 0 Å². The summed E-state index contributed by atoms with van der Waals surface area (Å²) >= 11 is 0. The maximum atomic E-state index is 6.03. The topological polar surface area (TPSA) is 50.7 Å². The van der Waals surface area contributed by atoms with Gasteiger partial charge in [0.05, 0.1) is 20.3 Å². The summed E-state index contributed by atoms with van der Waals surface area (Å²) in [5, 5.41) is 0. The molecule has 2 aliphatic heterocycles. The Morgan fingerprint density at radius 2 is 1.93 bits per heavy atom. The van der Waals surface area contributed by atoms with Gasteiger partial charge < -0.3 is 14.4 Å². The second kappa shape index (κ2) is 8.23. The molecule has 6 nitrogen and oxygen atoms in total. The van der Waals surface area contributed by atoms with Crippen molar-refractivity contribution in [3.05, 3.63) is 48.3 Å². The van der Waals surface area contributed by atoms with Gasteiger partial charge >= 0.3 is 0 Å². The fourth-order valence-electron chi connectivity index (χ4n) is 4.30. The van der Waals surface area contributed by atoms with Gasteiger partial charge in [-0.3, -0.25) is 4.90 Å². The molecule has 2 aliphatic rings. The Hall–Kier alpha value is -2.18. The van der Waals surface area contributed by atoms with Gasteiger partial charge in [0, 0.05) is 44.0 Å². The van der Waals surface area contributed by atoms with E-state index in [4.69, 9.17) is 9.47 Å². The summed E-state index contributed by atoms with van der Waals surface area (Å²) in [7, 11) is 1.71. The lowest BCUT2D eigenvalue weighted by Crippen LogP contribution is -2.50. The van der Waals surface area contributed by atoms with Crippen molar-refractivity contribution < 1.29 is 9.47 Å². The average molecular weight is 368 g/mol. The zero-order valence-corrected chi connectivity index (χ0v) is 16.0. The van der Waals surface area contributed by atoms with E-state index in [2.05, 4.69) is 31.9 Å². The van der Waals surface area contributed by atoms with Crippen LogP contribution in [-0.2, 0) is 11.3 Å². The van der Waals surface area contributed by atoms with E-state index in [9.17, 15) is 0 Å². The van der Waals surface area contributed by atoms with Crippen molar-refractivity contribution in [2.75, 3.05) is 51.4 Å². The number of piperidine rings is 1. The Bertz CT molecular complexity index is 725. The summed E-state index contributed by atoms with van der Waals surface area (Å²) in [6, 6.07) is 10.3. The van der Waals surface area contributed by atoms with E-state index in [-0.39, 0.29) is 5.41 Å². The van der Waals surface area contributed by atoms with Crippen LogP contribution in [0, 0.1) is 5.41 Å².